The second kappa shape index (κ2) is 9.22. The Balaban J connectivity index is 4.44. The minimum absolute atomic E-state index is 0.0514. The first-order chi connectivity index (χ1) is 8.44. The van der Waals surface area contributed by atoms with Crippen molar-refractivity contribution in [1.29, 1.82) is 5.41 Å². The monoisotopic (exact) mass is 282 g/mol. The van der Waals surface area contributed by atoms with Crippen LogP contribution in [-0.2, 0) is 19.7 Å². The van der Waals surface area contributed by atoms with E-state index in [1.165, 1.54) is 18.5 Å². The molecule has 0 bridgehead atoms. The van der Waals surface area contributed by atoms with Crippen molar-refractivity contribution in [2.24, 2.45) is 5.73 Å². The smallest absolute Gasteiger partial charge is 0.279 e. The quantitative estimate of drug-likeness (QED) is 0.248. The summed E-state index contributed by atoms with van der Waals surface area (Å²) in [5.41, 5.74) is 5.22. The van der Waals surface area contributed by atoms with Crippen LogP contribution in [0, 0.1) is 5.41 Å². The Hall–Kier alpha value is -0.740. The Kier molecular flexibility index (Phi) is 8.85. The molecule has 0 spiro atoms. The zero-order valence-electron chi connectivity index (χ0n) is 10.8. The molecule has 108 valence electrons. The van der Waals surface area contributed by atoms with Crippen LogP contribution >= 0.6 is 0 Å². The molecule has 0 unspecified atom stereocenters. The van der Waals surface area contributed by atoms with Crippen molar-refractivity contribution < 1.29 is 17.9 Å². The standard InChI is InChI=1S/C9H22N4O4S/c1-16-7-4-12-18(14,15)13(6-8-17-2)5-3-9(10)11/h12H,3-8H2,1-2H3,(H3,10,11). The van der Waals surface area contributed by atoms with Crippen molar-refractivity contribution in [3.63, 3.8) is 0 Å². The topological polar surface area (TPSA) is 118 Å². The van der Waals surface area contributed by atoms with Crippen molar-refractivity contribution in [3.05, 3.63) is 0 Å². The molecule has 0 aromatic carbocycles. The molecule has 0 amide bonds. The van der Waals surface area contributed by atoms with Gasteiger partial charge in [0, 0.05) is 40.3 Å². The van der Waals surface area contributed by atoms with Gasteiger partial charge in [0.15, 0.2) is 0 Å². The number of nitrogens with zero attached hydrogens (tertiary/aromatic N) is 1. The summed E-state index contributed by atoms with van der Waals surface area (Å²) in [4.78, 5) is 0. The van der Waals surface area contributed by atoms with Crippen molar-refractivity contribution in [2.45, 2.75) is 6.42 Å². The minimum atomic E-state index is -3.59. The lowest BCUT2D eigenvalue weighted by Crippen LogP contribution is -2.44. The van der Waals surface area contributed by atoms with E-state index in [4.69, 9.17) is 20.6 Å². The van der Waals surface area contributed by atoms with Gasteiger partial charge in [-0.25, -0.2) is 0 Å². The molecule has 0 fully saturated rings. The molecule has 4 N–H and O–H groups in total. The van der Waals surface area contributed by atoms with Gasteiger partial charge < -0.3 is 15.2 Å². The molecule has 0 saturated carbocycles. The predicted octanol–water partition coefficient (Wildman–Crippen LogP) is -1.26. The number of nitrogens with one attached hydrogen (secondary N) is 2. The van der Waals surface area contributed by atoms with Gasteiger partial charge in [0.25, 0.3) is 10.2 Å². The van der Waals surface area contributed by atoms with Gasteiger partial charge in [0.1, 0.15) is 0 Å². The normalized spacial score (nSPS) is 11.9. The first-order valence-electron chi connectivity index (χ1n) is 5.49. The minimum Gasteiger partial charge on any atom is -0.388 e. The summed E-state index contributed by atoms with van der Waals surface area (Å²) in [6.07, 6.45) is 0.189. The molecule has 0 aliphatic heterocycles. The second-order valence-electron chi connectivity index (χ2n) is 3.56. The predicted molar refractivity (Wildman–Crippen MR) is 68.8 cm³/mol. The lowest BCUT2D eigenvalue weighted by Gasteiger charge is -2.21. The number of methoxy groups -OCH3 is 2. The number of hydrogen-bond donors (Lipinski definition) is 3. The van der Waals surface area contributed by atoms with Gasteiger partial charge in [0.2, 0.25) is 0 Å². The number of rotatable bonds is 11. The highest BCUT2D eigenvalue weighted by molar-refractivity contribution is 7.87. The number of hydrogen-bond acceptors (Lipinski definition) is 5. The number of nitrogens with two attached hydrogens (primary N) is 1. The van der Waals surface area contributed by atoms with E-state index < -0.39 is 10.2 Å². The van der Waals surface area contributed by atoms with E-state index >= 15 is 0 Å². The second-order valence-corrected chi connectivity index (χ2v) is 5.31. The van der Waals surface area contributed by atoms with E-state index in [0.717, 1.165) is 0 Å². The molecule has 0 radical (unpaired) electrons. The maximum absolute atomic E-state index is 11.9. The first-order valence-corrected chi connectivity index (χ1v) is 6.93. The third-order valence-corrected chi connectivity index (χ3v) is 3.72. The largest absolute Gasteiger partial charge is 0.388 e. The zero-order chi connectivity index (χ0) is 14.0. The van der Waals surface area contributed by atoms with Gasteiger partial charge >= 0.3 is 0 Å². The van der Waals surface area contributed by atoms with E-state index in [0.29, 0.717) is 6.61 Å². The molecular formula is C9H22N4O4S. The fourth-order valence-electron chi connectivity index (χ4n) is 1.15. The lowest BCUT2D eigenvalue weighted by molar-refractivity contribution is 0.178. The lowest BCUT2D eigenvalue weighted by atomic mass is 10.4. The summed E-state index contributed by atoms with van der Waals surface area (Å²) in [5.74, 6) is -0.0514. The van der Waals surface area contributed by atoms with Crippen LogP contribution in [0.4, 0.5) is 0 Å². The molecule has 0 rings (SSSR count). The fourth-order valence-corrected chi connectivity index (χ4v) is 2.32. The van der Waals surface area contributed by atoms with E-state index in [-0.39, 0.29) is 38.5 Å². The van der Waals surface area contributed by atoms with Crippen LogP contribution in [0.1, 0.15) is 6.42 Å². The van der Waals surface area contributed by atoms with Crippen LogP contribution in [-0.4, -0.2) is 65.6 Å². The van der Waals surface area contributed by atoms with Gasteiger partial charge in [-0.2, -0.15) is 17.4 Å². The van der Waals surface area contributed by atoms with Crippen molar-refractivity contribution in [1.82, 2.24) is 9.03 Å². The molecular weight excluding hydrogens is 260 g/mol. The summed E-state index contributed by atoms with van der Waals surface area (Å²) >= 11 is 0. The molecule has 9 heteroatoms. The van der Waals surface area contributed by atoms with E-state index in [9.17, 15) is 8.42 Å². The first kappa shape index (κ1) is 17.3. The van der Waals surface area contributed by atoms with Crippen molar-refractivity contribution >= 4 is 16.0 Å². The molecule has 0 aliphatic carbocycles. The fraction of sp³-hybridized carbons (Fsp3) is 0.889. The van der Waals surface area contributed by atoms with Crippen LogP contribution in [0.25, 0.3) is 0 Å². The van der Waals surface area contributed by atoms with Gasteiger partial charge in [-0.15, -0.1) is 0 Å². The highest BCUT2D eigenvalue weighted by Gasteiger charge is 2.20. The number of amidine groups is 1. The average Bonchev–Trinajstić information content (AvgIpc) is 2.28. The Morgan fingerprint density at radius 1 is 1.28 bits per heavy atom. The third kappa shape index (κ3) is 7.56. The molecule has 0 aromatic rings. The van der Waals surface area contributed by atoms with Gasteiger partial charge in [-0.3, -0.25) is 5.41 Å². The van der Waals surface area contributed by atoms with Crippen LogP contribution in [0.2, 0.25) is 0 Å². The maximum Gasteiger partial charge on any atom is 0.279 e. The molecule has 0 aliphatic rings. The van der Waals surface area contributed by atoms with Crippen LogP contribution in [0.15, 0.2) is 0 Å². The van der Waals surface area contributed by atoms with Crippen LogP contribution in [0.3, 0.4) is 0 Å². The van der Waals surface area contributed by atoms with Gasteiger partial charge in [-0.05, 0) is 0 Å². The Morgan fingerprint density at radius 2 is 1.89 bits per heavy atom. The van der Waals surface area contributed by atoms with E-state index in [2.05, 4.69) is 4.72 Å². The molecule has 0 saturated heterocycles. The molecule has 0 atom stereocenters. The molecule has 0 aromatic heterocycles. The van der Waals surface area contributed by atoms with Crippen LogP contribution in [0.5, 0.6) is 0 Å². The van der Waals surface area contributed by atoms with Crippen molar-refractivity contribution in [3.8, 4) is 0 Å². The third-order valence-electron chi connectivity index (χ3n) is 2.11. The Bertz CT molecular complexity index is 333. The van der Waals surface area contributed by atoms with Gasteiger partial charge in [0.05, 0.1) is 19.0 Å². The summed E-state index contributed by atoms with van der Waals surface area (Å²) in [7, 11) is -0.604. The number of ether oxygens (including phenoxy) is 2. The average molecular weight is 282 g/mol. The Labute approximate surface area is 108 Å². The van der Waals surface area contributed by atoms with Gasteiger partial charge in [-0.1, -0.05) is 0 Å². The van der Waals surface area contributed by atoms with E-state index in [1.54, 1.807) is 0 Å². The Morgan fingerprint density at radius 3 is 2.39 bits per heavy atom. The highest BCUT2D eigenvalue weighted by Crippen LogP contribution is 1.99. The molecule has 0 heterocycles. The summed E-state index contributed by atoms with van der Waals surface area (Å²) < 4.78 is 37.1. The van der Waals surface area contributed by atoms with Crippen LogP contribution < -0.4 is 10.5 Å². The highest BCUT2D eigenvalue weighted by atomic mass is 32.2. The van der Waals surface area contributed by atoms with E-state index in [1.807, 2.05) is 0 Å². The summed E-state index contributed by atoms with van der Waals surface area (Å²) in [6.45, 7) is 1.14. The zero-order valence-corrected chi connectivity index (χ0v) is 11.6. The molecule has 8 nitrogen and oxygen atoms in total. The van der Waals surface area contributed by atoms with Crippen molar-refractivity contribution in [2.75, 3.05) is 47.1 Å². The maximum atomic E-state index is 11.9. The SMILES string of the molecule is COCCNS(=O)(=O)N(CCOC)CCC(=N)N. The summed E-state index contributed by atoms with van der Waals surface area (Å²) in [5, 5.41) is 7.12. The molecule has 18 heavy (non-hydrogen) atoms. The summed E-state index contributed by atoms with van der Waals surface area (Å²) in [6, 6.07) is 0.